The quantitative estimate of drug-likeness (QED) is 0.792. The Kier molecular flexibility index (Phi) is 3.69. The second kappa shape index (κ2) is 5.23. The first-order valence-electron chi connectivity index (χ1n) is 5.07. The van der Waals surface area contributed by atoms with E-state index in [0.717, 1.165) is 12.1 Å². The van der Waals surface area contributed by atoms with E-state index in [1.54, 1.807) is 0 Å². The monoisotopic (exact) mass is 230 g/mol. The summed E-state index contributed by atoms with van der Waals surface area (Å²) >= 11 is 0. The van der Waals surface area contributed by atoms with Crippen LogP contribution in [0.15, 0.2) is 18.2 Å². The molecule has 1 aromatic rings. The Hall–Kier alpha value is -1.20. The fraction of sp³-hybridized carbons (Fsp3) is 0.455. The average Bonchev–Trinajstić information content (AvgIpc) is 2.75. The van der Waals surface area contributed by atoms with E-state index in [2.05, 4.69) is 0 Å². The predicted octanol–water partition coefficient (Wildman–Crippen LogP) is 2.11. The van der Waals surface area contributed by atoms with Gasteiger partial charge in [0.05, 0.1) is 19.8 Å². The zero-order valence-corrected chi connectivity index (χ0v) is 8.62. The van der Waals surface area contributed by atoms with Crippen molar-refractivity contribution in [3.05, 3.63) is 29.8 Å². The number of hydrogen-bond donors (Lipinski definition) is 0. The van der Waals surface area contributed by atoms with Crippen LogP contribution >= 0.6 is 0 Å². The third kappa shape index (κ3) is 2.68. The number of rotatable bonds is 4. The maximum absolute atomic E-state index is 13.1. The summed E-state index contributed by atoms with van der Waals surface area (Å²) in [6, 6.07) is 3.60. The molecule has 2 rings (SSSR count). The Morgan fingerprint density at radius 2 is 1.81 bits per heavy atom. The number of para-hydroxylation sites is 1. The van der Waals surface area contributed by atoms with Gasteiger partial charge in [-0.15, -0.1) is 0 Å². The van der Waals surface area contributed by atoms with Gasteiger partial charge in [0, 0.05) is 6.42 Å². The van der Waals surface area contributed by atoms with Crippen LogP contribution in [0, 0.1) is 11.6 Å². The maximum Gasteiger partial charge on any atom is 0.190 e. The van der Waals surface area contributed by atoms with Gasteiger partial charge in [0.2, 0.25) is 0 Å². The van der Waals surface area contributed by atoms with Gasteiger partial charge in [0.25, 0.3) is 0 Å². The molecule has 0 N–H and O–H groups in total. The molecule has 1 saturated heterocycles. The van der Waals surface area contributed by atoms with E-state index in [9.17, 15) is 8.78 Å². The Morgan fingerprint density at radius 1 is 1.19 bits per heavy atom. The molecule has 3 nitrogen and oxygen atoms in total. The van der Waals surface area contributed by atoms with E-state index in [4.69, 9.17) is 14.2 Å². The minimum Gasteiger partial charge on any atom is -0.487 e. The van der Waals surface area contributed by atoms with Gasteiger partial charge in [-0.2, -0.15) is 0 Å². The number of ether oxygens (including phenoxy) is 3. The zero-order valence-electron chi connectivity index (χ0n) is 8.62. The van der Waals surface area contributed by atoms with Gasteiger partial charge in [-0.1, -0.05) is 6.07 Å². The van der Waals surface area contributed by atoms with E-state index in [0.29, 0.717) is 19.6 Å². The first-order chi connectivity index (χ1) is 7.77. The van der Waals surface area contributed by atoms with Gasteiger partial charge in [0.1, 0.15) is 0 Å². The zero-order chi connectivity index (χ0) is 11.4. The van der Waals surface area contributed by atoms with Crippen molar-refractivity contribution in [2.24, 2.45) is 0 Å². The molecule has 0 radical (unpaired) electrons. The van der Waals surface area contributed by atoms with E-state index >= 15 is 0 Å². The van der Waals surface area contributed by atoms with E-state index < -0.39 is 11.6 Å². The molecule has 1 aliphatic heterocycles. The van der Waals surface area contributed by atoms with Crippen molar-refractivity contribution in [1.29, 1.82) is 0 Å². The van der Waals surface area contributed by atoms with Gasteiger partial charge in [-0.25, -0.2) is 8.78 Å². The van der Waals surface area contributed by atoms with Crippen molar-refractivity contribution in [3.63, 3.8) is 0 Å². The van der Waals surface area contributed by atoms with Crippen molar-refractivity contribution < 1.29 is 23.0 Å². The van der Waals surface area contributed by atoms with Gasteiger partial charge in [-0.05, 0) is 12.1 Å². The molecule has 88 valence electrons. The summed E-state index contributed by atoms with van der Waals surface area (Å²) in [5.74, 6) is -1.75. The lowest BCUT2D eigenvalue weighted by Gasteiger charge is -2.11. The lowest BCUT2D eigenvalue weighted by atomic mass is 10.3. The predicted molar refractivity (Wildman–Crippen MR) is 52.2 cm³/mol. The van der Waals surface area contributed by atoms with E-state index in [1.165, 1.54) is 6.07 Å². The minimum absolute atomic E-state index is 0.155. The Labute approximate surface area is 91.9 Å². The summed E-state index contributed by atoms with van der Waals surface area (Å²) in [6.45, 7) is 1.26. The van der Waals surface area contributed by atoms with Crippen molar-refractivity contribution in [2.75, 3.05) is 19.8 Å². The molecule has 0 spiro atoms. The van der Waals surface area contributed by atoms with Gasteiger partial charge in [-0.3, -0.25) is 0 Å². The maximum atomic E-state index is 13.1. The summed E-state index contributed by atoms with van der Waals surface area (Å²) in [4.78, 5) is 0. The van der Waals surface area contributed by atoms with Gasteiger partial charge in [0.15, 0.2) is 23.7 Å². The lowest BCUT2D eigenvalue weighted by Crippen LogP contribution is -2.13. The summed E-state index contributed by atoms with van der Waals surface area (Å²) < 4.78 is 41.6. The van der Waals surface area contributed by atoms with E-state index in [1.807, 2.05) is 0 Å². The van der Waals surface area contributed by atoms with Crippen LogP contribution in [-0.4, -0.2) is 26.1 Å². The van der Waals surface area contributed by atoms with Crippen molar-refractivity contribution in [3.8, 4) is 5.75 Å². The third-order valence-electron chi connectivity index (χ3n) is 2.21. The lowest BCUT2D eigenvalue weighted by molar-refractivity contribution is -0.0535. The SMILES string of the molecule is Fc1cccc(F)c1OCCC1OCCO1. The molecule has 0 unspecified atom stereocenters. The Morgan fingerprint density at radius 3 is 2.44 bits per heavy atom. The minimum atomic E-state index is -0.701. The molecule has 1 aromatic carbocycles. The van der Waals surface area contributed by atoms with Crippen LogP contribution in [0.3, 0.4) is 0 Å². The molecule has 0 saturated carbocycles. The standard InChI is InChI=1S/C11H12F2O3/c12-8-2-1-3-9(13)11(8)16-5-4-10-14-6-7-15-10/h1-3,10H,4-7H2. The van der Waals surface area contributed by atoms with Crippen molar-refractivity contribution in [1.82, 2.24) is 0 Å². The van der Waals surface area contributed by atoms with Crippen LogP contribution in [0.4, 0.5) is 8.78 Å². The highest BCUT2D eigenvalue weighted by Gasteiger charge is 2.16. The largest absolute Gasteiger partial charge is 0.487 e. The second-order valence-corrected chi connectivity index (χ2v) is 3.36. The first-order valence-corrected chi connectivity index (χ1v) is 5.07. The molecule has 16 heavy (non-hydrogen) atoms. The van der Waals surface area contributed by atoms with Crippen molar-refractivity contribution >= 4 is 0 Å². The summed E-state index contributed by atoms with van der Waals surface area (Å²) in [7, 11) is 0. The summed E-state index contributed by atoms with van der Waals surface area (Å²) in [6.07, 6.45) is 0.128. The molecule has 0 amide bonds. The molecular formula is C11H12F2O3. The molecule has 0 aromatic heterocycles. The second-order valence-electron chi connectivity index (χ2n) is 3.36. The fourth-order valence-corrected chi connectivity index (χ4v) is 1.45. The molecule has 0 aliphatic carbocycles. The Bertz CT molecular complexity index is 331. The summed E-state index contributed by atoms with van der Waals surface area (Å²) in [5, 5.41) is 0. The van der Waals surface area contributed by atoms with Crippen LogP contribution in [0.5, 0.6) is 5.75 Å². The molecule has 0 bridgehead atoms. The van der Waals surface area contributed by atoms with Gasteiger partial charge >= 0.3 is 0 Å². The van der Waals surface area contributed by atoms with Crippen LogP contribution < -0.4 is 4.74 Å². The van der Waals surface area contributed by atoms with Crippen LogP contribution in [0.25, 0.3) is 0 Å². The number of benzene rings is 1. The van der Waals surface area contributed by atoms with Gasteiger partial charge < -0.3 is 14.2 Å². The van der Waals surface area contributed by atoms with Crippen LogP contribution in [0.2, 0.25) is 0 Å². The molecule has 5 heteroatoms. The highest BCUT2D eigenvalue weighted by atomic mass is 19.1. The average molecular weight is 230 g/mol. The Balaban J connectivity index is 1.84. The normalized spacial score (nSPS) is 16.6. The van der Waals surface area contributed by atoms with Crippen LogP contribution in [-0.2, 0) is 9.47 Å². The van der Waals surface area contributed by atoms with Crippen molar-refractivity contribution in [2.45, 2.75) is 12.7 Å². The molecular weight excluding hydrogens is 218 g/mol. The topological polar surface area (TPSA) is 27.7 Å². The third-order valence-corrected chi connectivity index (χ3v) is 2.21. The van der Waals surface area contributed by atoms with Crippen LogP contribution in [0.1, 0.15) is 6.42 Å². The highest BCUT2D eigenvalue weighted by molar-refractivity contribution is 5.25. The number of halogens is 2. The smallest absolute Gasteiger partial charge is 0.190 e. The summed E-state index contributed by atoms with van der Waals surface area (Å²) in [5.41, 5.74) is 0. The van der Waals surface area contributed by atoms with E-state index in [-0.39, 0.29) is 18.6 Å². The number of hydrogen-bond acceptors (Lipinski definition) is 3. The molecule has 1 aliphatic rings. The molecule has 0 atom stereocenters. The fourth-order valence-electron chi connectivity index (χ4n) is 1.45. The molecule has 1 heterocycles. The highest BCUT2D eigenvalue weighted by Crippen LogP contribution is 2.21. The molecule has 1 fully saturated rings. The first kappa shape index (κ1) is 11.3.